The third-order valence-corrected chi connectivity index (χ3v) is 6.93. The topological polar surface area (TPSA) is 44.8 Å². The number of hydrogen-bond donors (Lipinski definition) is 2. The molecule has 29 heavy (non-hydrogen) atoms. The number of nitrogens with zero attached hydrogens (tertiary/aromatic N) is 2. The number of hydrogen-bond acceptors (Lipinski definition) is 5. The Morgan fingerprint density at radius 2 is 2.03 bits per heavy atom. The lowest BCUT2D eigenvalue weighted by Gasteiger charge is -2.43. The summed E-state index contributed by atoms with van der Waals surface area (Å²) in [5.41, 5.74) is 0.801. The Morgan fingerprint density at radius 1 is 1.21 bits per heavy atom. The van der Waals surface area contributed by atoms with E-state index in [0.717, 1.165) is 61.9 Å². The maximum Gasteiger partial charge on any atom is 0.254 e. The van der Waals surface area contributed by atoms with Crippen molar-refractivity contribution in [3.63, 3.8) is 0 Å². The molecule has 0 unspecified atom stereocenters. The van der Waals surface area contributed by atoms with Gasteiger partial charge in [0.2, 0.25) is 0 Å². The summed E-state index contributed by atoms with van der Waals surface area (Å²) in [5.74, 6) is 0.134. The second-order valence-corrected chi connectivity index (χ2v) is 8.79. The molecule has 5 nitrogen and oxygen atoms in total. The zero-order valence-corrected chi connectivity index (χ0v) is 18.0. The van der Waals surface area contributed by atoms with E-state index in [1.807, 2.05) is 35.2 Å². The van der Waals surface area contributed by atoms with E-state index in [4.69, 9.17) is 17.4 Å². The van der Waals surface area contributed by atoms with Gasteiger partial charge in [0.1, 0.15) is 0 Å². The van der Waals surface area contributed by atoms with Crippen LogP contribution in [0.4, 0.5) is 0 Å². The highest BCUT2D eigenvalue weighted by Crippen LogP contribution is 2.23. The molecular formula is C23H31N3O2S. The molecule has 3 atom stereocenters. The van der Waals surface area contributed by atoms with Crippen LogP contribution in [-0.4, -0.2) is 79.5 Å². The van der Waals surface area contributed by atoms with Crippen LogP contribution in [0.15, 0.2) is 42.5 Å². The second kappa shape index (κ2) is 9.47. The van der Waals surface area contributed by atoms with Gasteiger partial charge in [0.15, 0.2) is 0 Å². The highest BCUT2D eigenvalue weighted by molar-refractivity contribution is 7.81. The lowest BCUT2D eigenvalue weighted by molar-refractivity contribution is 0.0372. The van der Waals surface area contributed by atoms with Crippen molar-refractivity contribution >= 4 is 29.3 Å². The number of rotatable bonds is 6. The van der Waals surface area contributed by atoms with E-state index in [1.165, 1.54) is 0 Å². The second-order valence-electron chi connectivity index (χ2n) is 8.12. The Kier molecular flexibility index (Phi) is 6.75. The molecule has 2 aliphatic rings. The SMILES string of the molecule is COCC[C@H]1CN(C(=O)c2cccc3ccccc23)CCN1C[C@H]1NCC[C@H]1S. The van der Waals surface area contributed by atoms with Crippen LogP contribution >= 0.6 is 12.6 Å². The minimum atomic E-state index is 0.134. The third-order valence-electron chi connectivity index (χ3n) is 6.31. The Morgan fingerprint density at radius 3 is 2.83 bits per heavy atom. The third kappa shape index (κ3) is 4.61. The van der Waals surface area contributed by atoms with Crippen molar-refractivity contribution in [2.75, 3.05) is 46.4 Å². The quantitative estimate of drug-likeness (QED) is 0.715. The molecule has 0 radical (unpaired) electrons. The lowest BCUT2D eigenvalue weighted by Crippen LogP contribution is -2.57. The summed E-state index contributed by atoms with van der Waals surface area (Å²) in [5, 5.41) is 6.13. The molecule has 0 spiro atoms. The maximum absolute atomic E-state index is 13.4. The lowest BCUT2D eigenvalue weighted by atomic mass is 10.0. The van der Waals surface area contributed by atoms with Gasteiger partial charge >= 0.3 is 0 Å². The summed E-state index contributed by atoms with van der Waals surface area (Å²) in [4.78, 5) is 17.9. The summed E-state index contributed by atoms with van der Waals surface area (Å²) in [7, 11) is 1.74. The van der Waals surface area contributed by atoms with Gasteiger partial charge in [0.05, 0.1) is 0 Å². The van der Waals surface area contributed by atoms with Crippen molar-refractivity contribution in [1.82, 2.24) is 15.1 Å². The fraction of sp³-hybridized carbons (Fsp3) is 0.522. The number of fused-ring (bicyclic) bond motifs is 1. The van der Waals surface area contributed by atoms with Crippen molar-refractivity contribution < 1.29 is 9.53 Å². The van der Waals surface area contributed by atoms with E-state index in [1.54, 1.807) is 7.11 Å². The van der Waals surface area contributed by atoms with Gasteiger partial charge in [-0.25, -0.2) is 0 Å². The number of benzene rings is 2. The number of thiol groups is 1. The minimum Gasteiger partial charge on any atom is -0.385 e. The first-order chi connectivity index (χ1) is 14.2. The van der Waals surface area contributed by atoms with E-state index in [-0.39, 0.29) is 5.91 Å². The van der Waals surface area contributed by atoms with Crippen LogP contribution in [0.2, 0.25) is 0 Å². The van der Waals surface area contributed by atoms with Gasteiger partial charge in [-0.05, 0) is 36.2 Å². The average molecular weight is 414 g/mol. The number of piperazine rings is 1. The molecule has 2 aliphatic heterocycles. The number of ether oxygens (including phenoxy) is 1. The molecule has 2 saturated heterocycles. The van der Waals surface area contributed by atoms with Crippen molar-refractivity contribution in [2.24, 2.45) is 0 Å². The summed E-state index contributed by atoms with van der Waals surface area (Å²) < 4.78 is 5.36. The summed E-state index contributed by atoms with van der Waals surface area (Å²) in [6.07, 6.45) is 2.05. The molecule has 1 N–H and O–H groups in total. The van der Waals surface area contributed by atoms with Gasteiger partial charge in [-0.3, -0.25) is 9.69 Å². The van der Waals surface area contributed by atoms with Crippen LogP contribution in [0.5, 0.6) is 0 Å². The van der Waals surface area contributed by atoms with Crippen LogP contribution in [0.1, 0.15) is 23.2 Å². The molecule has 1 amide bonds. The van der Waals surface area contributed by atoms with Gasteiger partial charge in [-0.1, -0.05) is 36.4 Å². The van der Waals surface area contributed by atoms with Gasteiger partial charge < -0.3 is 15.0 Å². The number of nitrogens with one attached hydrogen (secondary N) is 1. The number of methoxy groups -OCH3 is 1. The highest BCUT2D eigenvalue weighted by atomic mass is 32.1. The van der Waals surface area contributed by atoms with Crippen LogP contribution < -0.4 is 5.32 Å². The molecule has 4 rings (SSSR count). The summed E-state index contributed by atoms with van der Waals surface area (Å²) in [6, 6.07) is 14.8. The first-order valence-electron chi connectivity index (χ1n) is 10.6. The molecule has 0 bridgehead atoms. The fourth-order valence-corrected chi connectivity index (χ4v) is 4.95. The number of carbonyl (C=O) groups excluding carboxylic acids is 1. The summed E-state index contributed by atoms with van der Waals surface area (Å²) >= 11 is 4.74. The van der Waals surface area contributed by atoms with Crippen LogP contribution in [0, 0.1) is 0 Å². The van der Waals surface area contributed by atoms with E-state index in [2.05, 4.69) is 22.3 Å². The predicted octanol–water partition coefficient (Wildman–Crippen LogP) is 2.66. The first kappa shape index (κ1) is 20.7. The number of carbonyl (C=O) groups is 1. The van der Waals surface area contributed by atoms with Crippen molar-refractivity contribution in [3.8, 4) is 0 Å². The first-order valence-corrected chi connectivity index (χ1v) is 11.1. The molecule has 0 saturated carbocycles. The smallest absolute Gasteiger partial charge is 0.254 e. The summed E-state index contributed by atoms with van der Waals surface area (Å²) in [6.45, 7) is 5.13. The standard InChI is InChI=1S/C23H31N3O2S/c1-28-14-10-18-15-26(13-12-25(18)16-21-22(29)9-11-24-21)23(27)20-8-4-6-17-5-2-3-7-19(17)20/h2-8,18,21-22,24,29H,9-16H2,1H3/t18-,21+,22+/m0/s1. The molecule has 0 aliphatic carbocycles. The average Bonchev–Trinajstić information content (AvgIpc) is 3.16. The minimum absolute atomic E-state index is 0.134. The Balaban J connectivity index is 1.49. The molecule has 0 aromatic heterocycles. The van der Waals surface area contributed by atoms with Gasteiger partial charge in [-0.2, -0.15) is 12.6 Å². The van der Waals surface area contributed by atoms with Crippen LogP contribution in [0.3, 0.4) is 0 Å². The van der Waals surface area contributed by atoms with E-state index < -0.39 is 0 Å². The Hall–Kier alpha value is -1.60. The molecule has 6 heteroatoms. The van der Waals surface area contributed by atoms with Crippen LogP contribution in [0.25, 0.3) is 10.8 Å². The van der Waals surface area contributed by atoms with Crippen molar-refractivity contribution in [2.45, 2.75) is 30.2 Å². The highest BCUT2D eigenvalue weighted by Gasteiger charge is 2.33. The molecule has 156 valence electrons. The van der Waals surface area contributed by atoms with E-state index >= 15 is 0 Å². The fourth-order valence-electron chi connectivity index (χ4n) is 4.62. The molecule has 2 heterocycles. The molecule has 2 aromatic rings. The van der Waals surface area contributed by atoms with Gasteiger partial charge in [-0.15, -0.1) is 0 Å². The zero-order valence-electron chi connectivity index (χ0n) is 17.1. The van der Waals surface area contributed by atoms with Gasteiger partial charge in [0.25, 0.3) is 5.91 Å². The van der Waals surface area contributed by atoms with E-state index in [9.17, 15) is 4.79 Å². The normalized spacial score (nSPS) is 25.6. The van der Waals surface area contributed by atoms with Crippen molar-refractivity contribution in [1.29, 1.82) is 0 Å². The number of amides is 1. The Labute approximate surface area is 178 Å². The maximum atomic E-state index is 13.4. The molecular weight excluding hydrogens is 382 g/mol. The predicted molar refractivity (Wildman–Crippen MR) is 121 cm³/mol. The van der Waals surface area contributed by atoms with E-state index in [0.29, 0.717) is 23.9 Å². The largest absolute Gasteiger partial charge is 0.385 e. The molecule has 2 aromatic carbocycles. The van der Waals surface area contributed by atoms with Crippen molar-refractivity contribution in [3.05, 3.63) is 48.0 Å². The molecule has 2 fully saturated rings. The Bertz CT molecular complexity index is 840. The van der Waals surface area contributed by atoms with Crippen LogP contribution in [-0.2, 0) is 4.74 Å². The van der Waals surface area contributed by atoms with Gasteiger partial charge in [0, 0.05) is 62.8 Å². The zero-order chi connectivity index (χ0) is 20.2. The monoisotopic (exact) mass is 413 g/mol.